The number of fused-ring (bicyclic) bond motifs is 1. The van der Waals surface area contributed by atoms with Gasteiger partial charge in [0.05, 0.1) is 23.4 Å². The number of hydrogen-bond donors (Lipinski definition) is 2. The van der Waals surface area contributed by atoms with Crippen molar-refractivity contribution in [3.05, 3.63) is 126 Å². The Kier molecular flexibility index (Phi) is 5.11. The molecule has 0 fully saturated rings. The van der Waals surface area contributed by atoms with E-state index in [1.54, 1.807) is 6.33 Å². The molecule has 3 heteroatoms. The Morgan fingerprint density at radius 3 is 2.13 bits per heavy atom. The van der Waals surface area contributed by atoms with Gasteiger partial charge in [-0.15, -0.1) is 0 Å². The average molecular weight is 390 g/mol. The number of nitrogens with one attached hydrogen (secondary N) is 2. The van der Waals surface area contributed by atoms with Crippen LogP contribution in [0.15, 0.2) is 109 Å². The van der Waals surface area contributed by atoms with Crippen LogP contribution in [0.5, 0.6) is 0 Å². The third-order valence-corrected chi connectivity index (χ3v) is 5.46. The molecule has 0 bridgehead atoms. The summed E-state index contributed by atoms with van der Waals surface area (Å²) in [7, 11) is 0. The van der Waals surface area contributed by atoms with Crippen LogP contribution in [0.25, 0.3) is 22.2 Å². The summed E-state index contributed by atoms with van der Waals surface area (Å²) in [6.45, 7) is 0.786. The summed E-state index contributed by atoms with van der Waals surface area (Å²) in [6.07, 6.45) is 1.74. The van der Waals surface area contributed by atoms with Gasteiger partial charge >= 0.3 is 0 Å². The second-order valence-corrected chi connectivity index (χ2v) is 7.47. The first-order valence-corrected chi connectivity index (χ1v) is 10.2. The molecule has 1 heterocycles. The van der Waals surface area contributed by atoms with Crippen molar-refractivity contribution in [2.24, 2.45) is 0 Å². The van der Waals surface area contributed by atoms with Crippen LogP contribution in [0.1, 0.15) is 22.7 Å². The van der Waals surface area contributed by atoms with Crippen LogP contribution in [-0.4, -0.2) is 9.97 Å². The second-order valence-electron chi connectivity index (χ2n) is 7.47. The van der Waals surface area contributed by atoms with Crippen molar-refractivity contribution in [2.75, 3.05) is 0 Å². The fourth-order valence-electron chi connectivity index (χ4n) is 3.92. The van der Waals surface area contributed by atoms with E-state index in [-0.39, 0.29) is 6.04 Å². The Labute approximate surface area is 176 Å². The third-order valence-electron chi connectivity index (χ3n) is 5.46. The summed E-state index contributed by atoms with van der Waals surface area (Å²) < 4.78 is 0. The normalized spacial score (nSPS) is 11.2. The van der Waals surface area contributed by atoms with E-state index in [9.17, 15) is 0 Å². The largest absolute Gasteiger partial charge is 0.345 e. The van der Waals surface area contributed by atoms with Crippen LogP contribution in [0.4, 0.5) is 0 Å². The first kappa shape index (κ1) is 18.3. The summed E-state index contributed by atoms with van der Waals surface area (Å²) >= 11 is 0. The molecule has 0 saturated carbocycles. The summed E-state index contributed by atoms with van der Waals surface area (Å²) in [4.78, 5) is 7.51. The smallest absolute Gasteiger partial charge is 0.0931 e. The molecule has 30 heavy (non-hydrogen) atoms. The molecule has 0 aliphatic rings. The lowest BCUT2D eigenvalue weighted by atomic mass is 9.98. The highest BCUT2D eigenvalue weighted by molar-refractivity contribution is 5.81. The lowest BCUT2D eigenvalue weighted by Gasteiger charge is -2.20. The highest BCUT2D eigenvalue weighted by Crippen LogP contribution is 2.25. The van der Waals surface area contributed by atoms with Crippen LogP contribution in [-0.2, 0) is 6.54 Å². The van der Waals surface area contributed by atoms with Crippen molar-refractivity contribution in [3.63, 3.8) is 0 Å². The molecule has 0 unspecified atom stereocenters. The molecule has 5 aromatic rings. The second kappa shape index (κ2) is 8.36. The Morgan fingerprint density at radius 2 is 1.40 bits per heavy atom. The van der Waals surface area contributed by atoms with Gasteiger partial charge in [0.15, 0.2) is 0 Å². The molecule has 0 saturated heterocycles. The highest BCUT2D eigenvalue weighted by atomic mass is 14.9. The average Bonchev–Trinajstić information content (AvgIpc) is 3.29. The third kappa shape index (κ3) is 3.88. The fraction of sp³-hybridized carbons (Fsp3) is 0.0741. The zero-order valence-electron chi connectivity index (χ0n) is 16.6. The first-order chi connectivity index (χ1) is 14.9. The topological polar surface area (TPSA) is 40.7 Å². The number of aromatic nitrogens is 2. The Balaban J connectivity index is 1.40. The molecule has 4 aromatic carbocycles. The fourth-order valence-corrected chi connectivity index (χ4v) is 3.92. The van der Waals surface area contributed by atoms with Crippen molar-refractivity contribution in [1.82, 2.24) is 15.3 Å². The van der Waals surface area contributed by atoms with Gasteiger partial charge in [-0.3, -0.25) is 0 Å². The summed E-state index contributed by atoms with van der Waals surface area (Å²) in [5, 5.41) is 3.76. The minimum Gasteiger partial charge on any atom is -0.345 e. The molecule has 0 spiro atoms. The van der Waals surface area contributed by atoms with Gasteiger partial charge in [-0.05, 0) is 46.0 Å². The standard InChI is InChI=1S/C27H23N3/c1-3-9-21(10-4-1)27(22-11-5-2-6-12-22)28-18-20-8-7-13-23(16-20)24-14-15-25-26(17-24)30-19-29-25/h1-17,19,27-28H,18H2,(H,29,30). The van der Waals surface area contributed by atoms with Crippen molar-refractivity contribution < 1.29 is 0 Å². The van der Waals surface area contributed by atoms with Gasteiger partial charge in [0, 0.05) is 6.54 Å². The molecule has 0 aliphatic carbocycles. The van der Waals surface area contributed by atoms with E-state index in [0.29, 0.717) is 0 Å². The molecule has 146 valence electrons. The first-order valence-electron chi connectivity index (χ1n) is 10.2. The number of benzene rings is 4. The van der Waals surface area contributed by atoms with Crippen LogP contribution in [0.2, 0.25) is 0 Å². The number of imidazole rings is 1. The van der Waals surface area contributed by atoms with Crippen molar-refractivity contribution in [1.29, 1.82) is 0 Å². The SMILES string of the molecule is c1ccc(C(NCc2cccc(-c3ccc4nc[nH]c4c3)c2)c2ccccc2)cc1. The van der Waals surface area contributed by atoms with E-state index in [0.717, 1.165) is 17.6 Å². The zero-order chi connectivity index (χ0) is 20.2. The maximum Gasteiger partial charge on any atom is 0.0931 e. The predicted octanol–water partition coefficient (Wildman–Crippen LogP) is 6.11. The van der Waals surface area contributed by atoms with Crippen molar-refractivity contribution >= 4 is 11.0 Å². The van der Waals surface area contributed by atoms with Gasteiger partial charge in [-0.2, -0.15) is 0 Å². The summed E-state index contributed by atoms with van der Waals surface area (Å²) in [6, 6.07) is 36.5. The zero-order valence-corrected chi connectivity index (χ0v) is 16.6. The van der Waals surface area contributed by atoms with Crippen molar-refractivity contribution in [3.8, 4) is 11.1 Å². The van der Waals surface area contributed by atoms with Crippen LogP contribution >= 0.6 is 0 Å². The lowest BCUT2D eigenvalue weighted by molar-refractivity contribution is 0.605. The Bertz CT molecular complexity index is 1200. The van der Waals surface area contributed by atoms with E-state index in [1.807, 2.05) is 0 Å². The summed E-state index contributed by atoms with van der Waals surface area (Å²) in [5.41, 5.74) is 8.25. The number of nitrogens with zero attached hydrogens (tertiary/aromatic N) is 1. The van der Waals surface area contributed by atoms with Gasteiger partial charge in [0.2, 0.25) is 0 Å². The van der Waals surface area contributed by atoms with E-state index in [4.69, 9.17) is 0 Å². The van der Waals surface area contributed by atoms with Crippen LogP contribution in [0.3, 0.4) is 0 Å². The maximum atomic E-state index is 4.31. The minimum absolute atomic E-state index is 0.150. The van der Waals surface area contributed by atoms with Gasteiger partial charge in [0.1, 0.15) is 0 Å². The van der Waals surface area contributed by atoms with E-state index in [1.165, 1.54) is 27.8 Å². The lowest BCUT2D eigenvalue weighted by Crippen LogP contribution is -2.22. The van der Waals surface area contributed by atoms with Gasteiger partial charge in [-0.1, -0.05) is 84.9 Å². The molecule has 1 aromatic heterocycles. The van der Waals surface area contributed by atoms with E-state index >= 15 is 0 Å². The Morgan fingerprint density at radius 1 is 0.700 bits per heavy atom. The van der Waals surface area contributed by atoms with Gasteiger partial charge in [0.25, 0.3) is 0 Å². The van der Waals surface area contributed by atoms with E-state index in [2.05, 4.69) is 118 Å². The molecule has 0 amide bonds. The monoisotopic (exact) mass is 389 g/mol. The molecule has 0 atom stereocenters. The molecule has 0 aliphatic heterocycles. The van der Waals surface area contributed by atoms with Gasteiger partial charge in [-0.25, -0.2) is 4.98 Å². The molecule has 3 nitrogen and oxygen atoms in total. The predicted molar refractivity (Wildman–Crippen MR) is 123 cm³/mol. The molecular formula is C27H23N3. The quantitative estimate of drug-likeness (QED) is 0.368. The number of H-pyrrole nitrogens is 1. The highest BCUT2D eigenvalue weighted by Gasteiger charge is 2.13. The molecular weight excluding hydrogens is 366 g/mol. The van der Waals surface area contributed by atoms with Crippen molar-refractivity contribution in [2.45, 2.75) is 12.6 Å². The maximum absolute atomic E-state index is 4.31. The number of rotatable bonds is 6. The van der Waals surface area contributed by atoms with E-state index < -0.39 is 0 Å². The Hall–Kier alpha value is -3.69. The molecule has 5 rings (SSSR count). The van der Waals surface area contributed by atoms with Gasteiger partial charge < -0.3 is 10.3 Å². The number of aromatic amines is 1. The van der Waals surface area contributed by atoms with Crippen LogP contribution in [0, 0.1) is 0 Å². The molecule has 2 N–H and O–H groups in total. The summed E-state index contributed by atoms with van der Waals surface area (Å²) in [5.74, 6) is 0. The number of hydrogen-bond acceptors (Lipinski definition) is 2. The van der Waals surface area contributed by atoms with Crippen LogP contribution < -0.4 is 5.32 Å². The molecule has 0 radical (unpaired) electrons. The minimum atomic E-state index is 0.150.